The van der Waals surface area contributed by atoms with Crippen LogP contribution in [0.3, 0.4) is 0 Å². The molecule has 6 nitrogen and oxygen atoms in total. The molecule has 1 amide bonds. The molecule has 1 aliphatic heterocycles. The van der Waals surface area contributed by atoms with Crippen LogP contribution in [0.4, 0.5) is 9.18 Å². The number of halogens is 1. The molecule has 234 valence electrons. The highest BCUT2D eigenvalue weighted by atomic mass is 28.3. The van der Waals surface area contributed by atoms with Gasteiger partial charge in [0, 0.05) is 40.6 Å². The van der Waals surface area contributed by atoms with Gasteiger partial charge in [-0.05, 0) is 59.3 Å². The molecule has 2 unspecified atom stereocenters. The second kappa shape index (κ2) is 14.8. The number of carbonyl (C=O) groups is 1. The molecule has 0 saturated carbocycles. The smallest absolute Gasteiger partial charge is 0.409 e. The van der Waals surface area contributed by atoms with Crippen molar-refractivity contribution in [2.75, 3.05) is 33.1 Å². The third-order valence-electron chi connectivity index (χ3n) is 7.86. The maximum atomic E-state index is 13.7. The number of ether oxygens (including phenoxy) is 4. The van der Waals surface area contributed by atoms with Gasteiger partial charge in [0.25, 0.3) is 0 Å². The average molecular weight is 626 g/mol. The topological polar surface area (TPSA) is 57.2 Å². The van der Waals surface area contributed by atoms with Gasteiger partial charge in [-0.25, -0.2) is 9.18 Å². The number of piperidine rings is 1. The van der Waals surface area contributed by atoms with Crippen molar-refractivity contribution < 1.29 is 28.1 Å². The van der Waals surface area contributed by atoms with Gasteiger partial charge >= 0.3 is 6.09 Å². The highest BCUT2D eigenvalue weighted by Crippen LogP contribution is 2.33. The third-order valence-corrected chi connectivity index (χ3v) is 11.3. The van der Waals surface area contributed by atoms with Crippen molar-refractivity contribution in [3.63, 3.8) is 0 Å². The third kappa shape index (κ3) is 10.4. The Labute approximate surface area is 258 Å². The Bertz CT molecular complexity index is 1340. The Balaban J connectivity index is 1.44. The van der Waals surface area contributed by atoms with Crippen LogP contribution < -0.4 is 4.74 Å². The van der Waals surface area contributed by atoms with Crippen LogP contribution in [0.25, 0.3) is 10.8 Å². The minimum absolute atomic E-state index is 0.0410. The summed E-state index contributed by atoms with van der Waals surface area (Å²) in [6.07, 6.45) is 0.169. The molecule has 9 heteroatoms. The first-order chi connectivity index (χ1) is 20.4. The standard InChI is InChI=1S/C34H48FNO5Si2/c1-42(2,3)20-18-38-25-41-32-9-7-8-27-11-10-26(22-31(27)32)24-40-33-23-36(34(37)39-19-21-43(4,5)6)17-16-30(33)28-12-14-29(35)15-13-28/h7-15,22,30,33H,16-21,23-25H2,1-6H3. The van der Waals surface area contributed by atoms with Crippen molar-refractivity contribution in [3.05, 3.63) is 77.6 Å². The van der Waals surface area contributed by atoms with Gasteiger partial charge in [0.05, 0.1) is 25.9 Å². The quantitative estimate of drug-likeness (QED) is 0.108. The number of nitrogens with zero attached hydrogens (tertiary/aromatic N) is 1. The first-order valence-corrected chi connectivity index (χ1v) is 22.8. The number of benzene rings is 3. The predicted molar refractivity (Wildman–Crippen MR) is 177 cm³/mol. The van der Waals surface area contributed by atoms with Gasteiger partial charge < -0.3 is 23.8 Å². The number of hydrogen-bond acceptors (Lipinski definition) is 5. The summed E-state index contributed by atoms with van der Waals surface area (Å²) >= 11 is 0. The van der Waals surface area contributed by atoms with E-state index in [0.29, 0.717) is 39.3 Å². The Morgan fingerprint density at radius 3 is 2.37 bits per heavy atom. The van der Waals surface area contributed by atoms with Crippen LogP contribution in [0.5, 0.6) is 5.75 Å². The maximum absolute atomic E-state index is 13.7. The number of rotatable bonds is 13. The normalized spacial score (nSPS) is 17.7. The molecule has 0 aromatic heterocycles. The van der Waals surface area contributed by atoms with Gasteiger partial charge in [-0.15, -0.1) is 0 Å². The van der Waals surface area contributed by atoms with Crippen LogP contribution in [-0.4, -0.2) is 66.3 Å². The van der Waals surface area contributed by atoms with Crippen LogP contribution in [-0.2, 0) is 20.8 Å². The molecule has 1 aliphatic rings. The van der Waals surface area contributed by atoms with Crippen LogP contribution in [0.2, 0.25) is 51.4 Å². The highest BCUT2D eigenvalue weighted by molar-refractivity contribution is 6.76. The molecule has 0 radical (unpaired) electrons. The molecule has 0 spiro atoms. The van der Waals surface area contributed by atoms with E-state index in [1.807, 2.05) is 24.3 Å². The summed E-state index contributed by atoms with van der Waals surface area (Å²) in [7, 11) is -2.46. The van der Waals surface area contributed by atoms with Crippen LogP contribution >= 0.6 is 0 Å². The number of fused-ring (bicyclic) bond motifs is 1. The van der Waals surface area contributed by atoms with Gasteiger partial charge in [0.1, 0.15) is 11.6 Å². The molecule has 3 aromatic carbocycles. The molecule has 4 rings (SSSR count). The van der Waals surface area contributed by atoms with E-state index in [-0.39, 0.29) is 30.7 Å². The summed E-state index contributed by atoms with van der Waals surface area (Å²) in [5.74, 6) is 0.556. The van der Waals surface area contributed by atoms with Gasteiger partial charge in [-0.1, -0.05) is 75.7 Å². The summed E-state index contributed by atoms with van der Waals surface area (Å²) in [5, 5.41) is 2.08. The molecule has 2 atom stereocenters. The van der Waals surface area contributed by atoms with E-state index in [0.717, 1.165) is 39.7 Å². The summed E-state index contributed by atoms with van der Waals surface area (Å²) in [6.45, 7) is 16.5. The van der Waals surface area contributed by atoms with Crippen molar-refractivity contribution in [3.8, 4) is 5.75 Å². The van der Waals surface area contributed by atoms with E-state index in [1.165, 1.54) is 12.1 Å². The largest absolute Gasteiger partial charge is 0.467 e. The maximum Gasteiger partial charge on any atom is 0.409 e. The van der Waals surface area contributed by atoms with E-state index < -0.39 is 16.1 Å². The lowest BCUT2D eigenvalue weighted by atomic mass is 9.87. The predicted octanol–water partition coefficient (Wildman–Crippen LogP) is 8.52. The summed E-state index contributed by atoms with van der Waals surface area (Å²) < 4.78 is 37.7. The molecule has 1 fully saturated rings. The number of amides is 1. The number of carbonyl (C=O) groups excluding carboxylic acids is 1. The Morgan fingerprint density at radius 1 is 0.930 bits per heavy atom. The zero-order chi connectivity index (χ0) is 31.0. The Hall–Kier alpha value is -2.73. The summed E-state index contributed by atoms with van der Waals surface area (Å²) in [5.41, 5.74) is 2.03. The monoisotopic (exact) mass is 625 g/mol. The summed E-state index contributed by atoms with van der Waals surface area (Å²) in [6, 6.07) is 20.9. The van der Waals surface area contributed by atoms with E-state index in [4.69, 9.17) is 18.9 Å². The molecular weight excluding hydrogens is 578 g/mol. The highest BCUT2D eigenvalue weighted by Gasteiger charge is 2.34. The van der Waals surface area contributed by atoms with Crippen LogP contribution in [0.15, 0.2) is 60.7 Å². The second-order valence-corrected chi connectivity index (χ2v) is 25.2. The number of likely N-dealkylation sites (tertiary alicyclic amines) is 1. The van der Waals surface area contributed by atoms with Crippen molar-refractivity contribution in [1.29, 1.82) is 0 Å². The minimum Gasteiger partial charge on any atom is -0.467 e. The fourth-order valence-electron chi connectivity index (χ4n) is 5.13. The SMILES string of the molecule is C[Si](C)(C)CCOCOc1cccc2ccc(COC3CN(C(=O)OCC[Si](C)(C)C)CCC3c3ccc(F)cc3)cc12. The van der Waals surface area contributed by atoms with Crippen molar-refractivity contribution in [2.24, 2.45) is 0 Å². The van der Waals surface area contributed by atoms with E-state index in [2.05, 4.69) is 63.5 Å². The van der Waals surface area contributed by atoms with E-state index in [1.54, 1.807) is 4.90 Å². The molecule has 1 heterocycles. The lowest BCUT2D eigenvalue weighted by Gasteiger charge is -2.38. The molecule has 1 saturated heterocycles. The molecule has 43 heavy (non-hydrogen) atoms. The van der Waals surface area contributed by atoms with E-state index in [9.17, 15) is 9.18 Å². The number of hydrogen-bond donors (Lipinski definition) is 0. The van der Waals surface area contributed by atoms with Crippen LogP contribution in [0.1, 0.15) is 23.5 Å². The molecular formula is C34H48FNO5Si2. The lowest BCUT2D eigenvalue weighted by Crippen LogP contribution is -2.47. The fourth-order valence-corrected chi connectivity index (χ4v) is 6.60. The zero-order valence-corrected chi connectivity index (χ0v) is 28.7. The Kier molecular flexibility index (Phi) is 11.4. The molecule has 0 aliphatic carbocycles. The second-order valence-electron chi connectivity index (χ2n) is 14.0. The van der Waals surface area contributed by atoms with Gasteiger partial charge in [-0.2, -0.15) is 0 Å². The molecule has 3 aromatic rings. The first-order valence-electron chi connectivity index (χ1n) is 15.4. The van der Waals surface area contributed by atoms with Crippen molar-refractivity contribution >= 4 is 33.0 Å². The zero-order valence-electron chi connectivity index (χ0n) is 26.7. The lowest BCUT2D eigenvalue weighted by molar-refractivity contribution is -0.0234. The minimum atomic E-state index is -1.30. The molecule has 0 bridgehead atoms. The van der Waals surface area contributed by atoms with E-state index >= 15 is 0 Å². The first kappa shape index (κ1) is 33.2. The Morgan fingerprint density at radius 2 is 1.65 bits per heavy atom. The average Bonchev–Trinajstić information content (AvgIpc) is 2.95. The van der Waals surface area contributed by atoms with Gasteiger partial charge in [0.2, 0.25) is 0 Å². The van der Waals surface area contributed by atoms with Gasteiger partial charge in [-0.3, -0.25) is 0 Å². The van der Waals surface area contributed by atoms with Crippen molar-refractivity contribution in [1.82, 2.24) is 4.90 Å². The van der Waals surface area contributed by atoms with Crippen LogP contribution in [0, 0.1) is 5.82 Å². The van der Waals surface area contributed by atoms with Gasteiger partial charge in [0.15, 0.2) is 6.79 Å². The fraction of sp³-hybridized carbons (Fsp3) is 0.500. The summed E-state index contributed by atoms with van der Waals surface area (Å²) in [4.78, 5) is 14.7. The molecule has 0 N–H and O–H groups in total. The van der Waals surface area contributed by atoms with Crippen molar-refractivity contribution in [2.45, 2.75) is 76.4 Å².